The zero-order valence-electron chi connectivity index (χ0n) is 13.2. The number of rotatable bonds is 3. The fourth-order valence-electron chi connectivity index (χ4n) is 3.28. The lowest BCUT2D eigenvalue weighted by Gasteiger charge is -2.27. The van der Waals surface area contributed by atoms with Gasteiger partial charge in [0, 0.05) is 18.0 Å². The van der Waals surface area contributed by atoms with E-state index in [1.807, 2.05) is 42.2 Å². The number of amidine groups is 1. The number of hydrogen-bond acceptors (Lipinski definition) is 5. The number of thioether (sulfide) groups is 1. The molecule has 1 aromatic carbocycles. The number of nitrogens with zero attached hydrogens (tertiary/aromatic N) is 3. The van der Waals surface area contributed by atoms with Gasteiger partial charge >= 0.3 is 0 Å². The minimum absolute atomic E-state index is 0.0552. The van der Waals surface area contributed by atoms with Gasteiger partial charge < -0.3 is 9.64 Å². The van der Waals surface area contributed by atoms with Crippen LogP contribution in [0.3, 0.4) is 0 Å². The lowest BCUT2D eigenvalue weighted by atomic mass is 9.96. The Balaban J connectivity index is 1.74. The molecule has 1 aromatic heterocycles. The first-order chi connectivity index (χ1) is 11.3. The summed E-state index contributed by atoms with van der Waals surface area (Å²) in [6, 6.07) is 14.7. The third kappa shape index (κ3) is 2.59. The van der Waals surface area contributed by atoms with E-state index in [0.717, 1.165) is 23.2 Å². The Morgan fingerprint density at radius 3 is 2.70 bits per heavy atom. The van der Waals surface area contributed by atoms with Crippen LogP contribution in [-0.2, 0) is 0 Å². The summed E-state index contributed by atoms with van der Waals surface area (Å²) in [5.41, 5.74) is 2.29. The topological polar surface area (TPSA) is 37.7 Å². The first-order valence-corrected chi connectivity index (χ1v) is 8.70. The van der Waals surface area contributed by atoms with Crippen LogP contribution in [-0.4, -0.2) is 34.0 Å². The maximum Gasteiger partial charge on any atom is 0.160 e. The molecule has 0 unspecified atom stereocenters. The van der Waals surface area contributed by atoms with Crippen LogP contribution >= 0.6 is 11.8 Å². The molecule has 0 bridgehead atoms. The van der Waals surface area contributed by atoms with Crippen molar-refractivity contribution < 1.29 is 4.74 Å². The SMILES string of the molecule is COc1ccc([C@@H]2[C@@H](c3ccccn3)N=C3S[C@H](C)CN32)cc1. The van der Waals surface area contributed by atoms with Crippen molar-refractivity contribution in [2.45, 2.75) is 24.3 Å². The van der Waals surface area contributed by atoms with E-state index in [-0.39, 0.29) is 12.1 Å². The first kappa shape index (κ1) is 14.6. The fourth-order valence-corrected chi connectivity index (χ4v) is 4.37. The maximum atomic E-state index is 5.29. The monoisotopic (exact) mass is 325 g/mol. The molecule has 5 heteroatoms. The summed E-state index contributed by atoms with van der Waals surface area (Å²) in [6.45, 7) is 3.29. The summed E-state index contributed by atoms with van der Waals surface area (Å²) in [5, 5.41) is 1.73. The van der Waals surface area contributed by atoms with Crippen LogP contribution in [0.4, 0.5) is 0 Å². The molecule has 1 saturated heterocycles. The zero-order valence-corrected chi connectivity index (χ0v) is 14.0. The van der Waals surface area contributed by atoms with E-state index < -0.39 is 0 Å². The second-order valence-corrected chi connectivity index (χ2v) is 7.32. The lowest BCUT2D eigenvalue weighted by molar-refractivity contribution is 0.321. The molecule has 0 saturated carbocycles. The van der Waals surface area contributed by atoms with Crippen molar-refractivity contribution in [3.63, 3.8) is 0 Å². The average Bonchev–Trinajstić information content (AvgIpc) is 3.11. The van der Waals surface area contributed by atoms with Gasteiger partial charge in [0.2, 0.25) is 0 Å². The van der Waals surface area contributed by atoms with Gasteiger partial charge in [0.25, 0.3) is 0 Å². The quantitative estimate of drug-likeness (QED) is 0.863. The normalized spacial score (nSPS) is 26.1. The average molecular weight is 325 g/mol. The van der Waals surface area contributed by atoms with E-state index in [2.05, 4.69) is 35.0 Å². The molecule has 2 aliphatic rings. The van der Waals surface area contributed by atoms with Gasteiger partial charge in [-0.2, -0.15) is 0 Å². The summed E-state index contributed by atoms with van der Waals surface area (Å²) in [5.74, 6) is 0.881. The molecule has 1 fully saturated rings. The molecule has 4 rings (SSSR count). The van der Waals surface area contributed by atoms with Crippen molar-refractivity contribution in [3.8, 4) is 5.75 Å². The number of methoxy groups -OCH3 is 1. The van der Waals surface area contributed by atoms with E-state index in [1.54, 1.807) is 7.11 Å². The number of hydrogen-bond donors (Lipinski definition) is 0. The van der Waals surface area contributed by atoms with Crippen molar-refractivity contribution in [3.05, 3.63) is 59.9 Å². The molecule has 2 aromatic rings. The van der Waals surface area contributed by atoms with E-state index in [9.17, 15) is 0 Å². The van der Waals surface area contributed by atoms with Gasteiger partial charge in [-0.15, -0.1) is 0 Å². The van der Waals surface area contributed by atoms with Crippen LogP contribution in [0.5, 0.6) is 5.75 Å². The highest BCUT2D eigenvalue weighted by atomic mass is 32.2. The number of benzene rings is 1. The van der Waals surface area contributed by atoms with Crippen molar-refractivity contribution in [1.82, 2.24) is 9.88 Å². The lowest BCUT2D eigenvalue weighted by Crippen LogP contribution is -2.28. The highest BCUT2D eigenvalue weighted by Crippen LogP contribution is 2.47. The van der Waals surface area contributed by atoms with Crippen LogP contribution in [0.1, 0.15) is 30.3 Å². The Morgan fingerprint density at radius 1 is 1.17 bits per heavy atom. The summed E-state index contributed by atoms with van der Waals surface area (Å²) in [6.07, 6.45) is 1.85. The minimum Gasteiger partial charge on any atom is -0.497 e. The van der Waals surface area contributed by atoms with Gasteiger partial charge in [0.05, 0.1) is 18.8 Å². The summed E-state index contributed by atoms with van der Waals surface area (Å²) >= 11 is 1.86. The molecule has 0 amide bonds. The molecule has 0 aliphatic carbocycles. The Bertz CT molecular complexity index is 717. The zero-order chi connectivity index (χ0) is 15.8. The van der Waals surface area contributed by atoms with Gasteiger partial charge in [-0.1, -0.05) is 36.9 Å². The highest BCUT2D eigenvalue weighted by molar-refractivity contribution is 8.14. The maximum absolute atomic E-state index is 5.29. The summed E-state index contributed by atoms with van der Waals surface area (Å²) in [7, 11) is 1.70. The molecule has 2 aliphatic heterocycles. The Labute approximate surface area is 140 Å². The van der Waals surface area contributed by atoms with Crippen LogP contribution < -0.4 is 4.74 Å². The van der Waals surface area contributed by atoms with E-state index >= 15 is 0 Å². The second kappa shape index (κ2) is 5.89. The third-order valence-electron chi connectivity index (χ3n) is 4.34. The predicted octanol–water partition coefficient (Wildman–Crippen LogP) is 3.68. The Morgan fingerprint density at radius 2 is 2.00 bits per heavy atom. The molecule has 23 heavy (non-hydrogen) atoms. The fraction of sp³-hybridized carbons (Fsp3) is 0.333. The number of aromatic nitrogens is 1. The smallest absolute Gasteiger partial charge is 0.160 e. The van der Waals surface area contributed by atoms with E-state index in [0.29, 0.717) is 5.25 Å². The minimum atomic E-state index is 0.0552. The van der Waals surface area contributed by atoms with E-state index in [1.165, 1.54) is 5.56 Å². The third-order valence-corrected chi connectivity index (χ3v) is 5.44. The number of fused-ring (bicyclic) bond motifs is 1. The number of aliphatic imine (C=N–C) groups is 1. The van der Waals surface area contributed by atoms with Gasteiger partial charge in [0.15, 0.2) is 5.17 Å². The van der Waals surface area contributed by atoms with Crippen molar-refractivity contribution in [1.29, 1.82) is 0 Å². The van der Waals surface area contributed by atoms with Crippen LogP contribution in [0, 0.1) is 0 Å². The van der Waals surface area contributed by atoms with Crippen LogP contribution in [0.25, 0.3) is 0 Å². The molecular formula is C18H19N3OS. The number of pyridine rings is 1. The standard InChI is InChI=1S/C18H19N3OS/c1-12-11-21-17(13-6-8-14(22-2)9-7-13)16(20-18(21)23-12)15-5-3-4-10-19-15/h3-10,12,16-17H,11H2,1-2H3/t12-,16-,17-/m1/s1. The molecule has 0 radical (unpaired) electrons. The molecule has 3 atom stereocenters. The molecular weight excluding hydrogens is 306 g/mol. The molecule has 4 nitrogen and oxygen atoms in total. The number of ether oxygens (including phenoxy) is 1. The first-order valence-electron chi connectivity index (χ1n) is 7.82. The highest BCUT2D eigenvalue weighted by Gasteiger charge is 2.43. The Hall–Kier alpha value is -2.01. The molecule has 0 spiro atoms. The second-order valence-electron chi connectivity index (χ2n) is 5.91. The van der Waals surface area contributed by atoms with Crippen LogP contribution in [0.15, 0.2) is 53.7 Å². The Kier molecular flexibility index (Phi) is 3.73. The van der Waals surface area contributed by atoms with Gasteiger partial charge in [-0.05, 0) is 29.8 Å². The molecule has 3 heterocycles. The predicted molar refractivity (Wildman–Crippen MR) is 93.9 cm³/mol. The van der Waals surface area contributed by atoms with Crippen molar-refractivity contribution >= 4 is 16.9 Å². The summed E-state index contributed by atoms with van der Waals surface area (Å²) < 4.78 is 5.29. The summed E-state index contributed by atoms with van der Waals surface area (Å²) in [4.78, 5) is 12.0. The van der Waals surface area contributed by atoms with Crippen LogP contribution in [0.2, 0.25) is 0 Å². The van der Waals surface area contributed by atoms with Gasteiger partial charge in [0.1, 0.15) is 11.8 Å². The largest absolute Gasteiger partial charge is 0.497 e. The molecule has 118 valence electrons. The van der Waals surface area contributed by atoms with Gasteiger partial charge in [-0.25, -0.2) is 0 Å². The van der Waals surface area contributed by atoms with Gasteiger partial charge in [-0.3, -0.25) is 9.98 Å². The van der Waals surface area contributed by atoms with Crippen molar-refractivity contribution in [2.24, 2.45) is 4.99 Å². The van der Waals surface area contributed by atoms with E-state index in [4.69, 9.17) is 9.73 Å². The molecule has 0 N–H and O–H groups in total. The van der Waals surface area contributed by atoms with Crippen molar-refractivity contribution in [2.75, 3.05) is 13.7 Å².